The number of hydrogen-bond acceptors (Lipinski definition) is 12. The van der Waals surface area contributed by atoms with E-state index in [2.05, 4.69) is 36.6 Å². The molecule has 4 aliphatic rings. The van der Waals surface area contributed by atoms with Crippen molar-refractivity contribution in [2.75, 3.05) is 63.1 Å². The Morgan fingerprint density at radius 2 is 1.04 bits per heavy atom. The van der Waals surface area contributed by atoms with Crippen LogP contribution in [0, 0.1) is 5.92 Å². The van der Waals surface area contributed by atoms with Crippen LogP contribution >= 0.6 is 62.3 Å². The summed E-state index contributed by atoms with van der Waals surface area (Å²) in [6.07, 6.45) is 9.24. The van der Waals surface area contributed by atoms with Crippen molar-refractivity contribution in [3.8, 4) is 11.5 Å². The Morgan fingerprint density at radius 3 is 1.49 bits per heavy atom. The Hall–Kier alpha value is -4.68. The van der Waals surface area contributed by atoms with Gasteiger partial charge in [0.2, 0.25) is 0 Å². The van der Waals surface area contributed by atoms with Gasteiger partial charge in [-0.2, -0.15) is 0 Å². The van der Waals surface area contributed by atoms with E-state index in [1.165, 1.54) is 25.7 Å². The molecule has 416 valence electrons. The number of benzene rings is 4. The molecule has 4 aliphatic heterocycles. The molecular formula is C58H71BrCl4N6O8. The Bertz CT molecular complexity index is 2680. The number of anilines is 2. The number of alkyl halides is 1. The number of hydrazine groups is 2. The summed E-state index contributed by atoms with van der Waals surface area (Å²) in [4.78, 5) is 51.4. The third-order valence-electron chi connectivity index (χ3n) is 13.2. The van der Waals surface area contributed by atoms with E-state index in [0.29, 0.717) is 92.4 Å². The first kappa shape index (κ1) is 61.5. The number of carbonyl (C=O) groups is 4. The van der Waals surface area contributed by atoms with Gasteiger partial charge in [-0.1, -0.05) is 82.1 Å². The molecule has 4 aromatic carbocycles. The monoisotopic (exact) mass is 1200 g/mol. The topological polar surface area (TPSA) is 142 Å². The Kier molecular flexibility index (Phi) is 24.5. The van der Waals surface area contributed by atoms with Crippen LogP contribution in [0.4, 0.5) is 11.4 Å². The molecule has 14 nitrogen and oxygen atoms in total. The van der Waals surface area contributed by atoms with Crippen molar-refractivity contribution in [3.05, 3.63) is 139 Å². The van der Waals surface area contributed by atoms with Crippen LogP contribution in [0.5, 0.6) is 11.5 Å². The lowest BCUT2D eigenvalue weighted by Crippen LogP contribution is -2.53. The minimum absolute atomic E-state index is 0.0423. The van der Waals surface area contributed by atoms with Crippen molar-refractivity contribution in [2.45, 2.75) is 110 Å². The molecule has 2 N–H and O–H groups in total. The summed E-state index contributed by atoms with van der Waals surface area (Å²) in [6, 6.07) is 24.5. The number of amides is 2. The number of piperidine rings is 2. The van der Waals surface area contributed by atoms with Gasteiger partial charge in [-0.3, -0.25) is 29.2 Å². The second-order valence-electron chi connectivity index (χ2n) is 18.9. The summed E-state index contributed by atoms with van der Waals surface area (Å²) in [5, 5.41) is 16.7. The van der Waals surface area contributed by atoms with E-state index >= 15 is 0 Å². The Morgan fingerprint density at radius 1 is 0.584 bits per heavy atom. The van der Waals surface area contributed by atoms with Gasteiger partial charge in [-0.05, 0) is 145 Å². The van der Waals surface area contributed by atoms with Crippen LogP contribution in [0.3, 0.4) is 0 Å². The van der Waals surface area contributed by atoms with Crippen LogP contribution in [0.15, 0.2) is 108 Å². The van der Waals surface area contributed by atoms with Crippen molar-refractivity contribution in [2.24, 2.45) is 5.92 Å². The first-order valence-corrected chi connectivity index (χ1v) is 28.9. The highest BCUT2D eigenvalue weighted by Crippen LogP contribution is 2.34. The average Bonchev–Trinajstić information content (AvgIpc) is 3.41. The van der Waals surface area contributed by atoms with Gasteiger partial charge in [-0.25, -0.2) is 10.0 Å². The van der Waals surface area contributed by atoms with E-state index in [0.717, 1.165) is 56.8 Å². The minimum atomic E-state index is -0.669. The average molecular weight is 1200 g/mol. The van der Waals surface area contributed by atoms with Gasteiger partial charge in [0.05, 0.1) is 32.2 Å². The Labute approximate surface area is 482 Å². The van der Waals surface area contributed by atoms with Crippen molar-refractivity contribution < 1.29 is 38.1 Å². The van der Waals surface area contributed by atoms with Crippen LogP contribution in [-0.4, -0.2) is 113 Å². The highest BCUT2D eigenvalue weighted by atomic mass is 79.9. The molecular weight excluding hydrogens is 1130 g/mol. The number of hydrogen-bond donors (Lipinski definition) is 2. The highest BCUT2D eigenvalue weighted by molar-refractivity contribution is 9.10. The predicted octanol–water partition coefficient (Wildman–Crippen LogP) is 13.9. The van der Waals surface area contributed by atoms with Gasteiger partial charge < -0.3 is 29.6 Å². The van der Waals surface area contributed by atoms with E-state index in [-0.39, 0.29) is 40.8 Å². The molecule has 4 aromatic rings. The van der Waals surface area contributed by atoms with Crippen LogP contribution in [0.2, 0.25) is 20.1 Å². The minimum Gasteiger partial charge on any atom is -0.465 e. The number of ketones is 2. The molecule has 4 atom stereocenters. The van der Waals surface area contributed by atoms with Crippen LogP contribution < -0.4 is 20.1 Å². The molecule has 0 aromatic heterocycles. The van der Waals surface area contributed by atoms with Crippen molar-refractivity contribution in [1.29, 1.82) is 0 Å². The normalized spacial score (nSPS) is 17.9. The Balaban J connectivity index is 0.000000207. The summed E-state index contributed by atoms with van der Waals surface area (Å²) in [7, 11) is 0. The molecule has 0 aliphatic carbocycles. The summed E-state index contributed by atoms with van der Waals surface area (Å²) >= 11 is 27.8. The maximum Gasteiger partial charge on any atom is 0.266 e. The standard InChI is InChI=1S/C29H35Cl2N3O4.C16H19Cl2N3O.C13H17BrO3/c1-4-37-20(3)38-23-11-8-21(9-12-23)28(35)19(2)27-26(32-25-13-10-22(30)18-24(25)31)14-17-34(29(27)36)33-15-6-5-7-16-33;17-12-4-5-15(14(18)10-12)19-13-6-9-21(16(22)11-13)20-7-2-1-3-8-20;1-4-16-10(3)17-12-7-5-11(6-8-12)13(15)9(2)14/h8-13,18-20,32H,4-7,14-17H2,1-3H3;4-5,10-11,19H,1-3,6-9H2;5-10H,4H2,1-3H3. The molecule has 4 unspecified atom stereocenters. The smallest absolute Gasteiger partial charge is 0.266 e. The van der Waals surface area contributed by atoms with E-state index in [4.69, 9.17) is 65.4 Å². The summed E-state index contributed by atoms with van der Waals surface area (Å²) < 4.78 is 21.9. The lowest BCUT2D eigenvalue weighted by molar-refractivity contribution is -0.148. The number of carbonyl (C=O) groups excluding carboxylic acids is 4. The molecule has 0 bridgehead atoms. The van der Waals surface area contributed by atoms with Gasteiger partial charge in [0.25, 0.3) is 11.8 Å². The van der Waals surface area contributed by atoms with Crippen LogP contribution in [0.25, 0.3) is 0 Å². The van der Waals surface area contributed by atoms with Gasteiger partial charge in [0, 0.05) is 110 Å². The van der Waals surface area contributed by atoms with Gasteiger partial charge in [0.1, 0.15) is 11.5 Å². The number of halogens is 5. The number of Topliss-reactive ketones (excluding diaryl/α,β-unsaturated/α-hetero) is 2. The van der Waals surface area contributed by atoms with Crippen LogP contribution in [-0.2, 0) is 19.1 Å². The third-order valence-corrected chi connectivity index (χ3v) is 14.7. The predicted molar refractivity (Wildman–Crippen MR) is 311 cm³/mol. The molecule has 19 heteroatoms. The fourth-order valence-electron chi connectivity index (χ4n) is 9.26. The fraction of sp³-hybridized carbons (Fsp3) is 0.448. The second-order valence-corrected chi connectivity index (χ2v) is 21.9. The van der Waals surface area contributed by atoms with E-state index in [1.807, 2.05) is 50.7 Å². The third kappa shape index (κ3) is 18.2. The molecule has 2 amide bonds. The lowest BCUT2D eigenvalue weighted by atomic mass is 9.87. The van der Waals surface area contributed by atoms with Crippen LogP contribution in [0.1, 0.15) is 114 Å². The van der Waals surface area contributed by atoms with Crippen molar-refractivity contribution in [1.82, 2.24) is 20.0 Å². The summed E-state index contributed by atoms with van der Waals surface area (Å²) in [5.74, 6) is 0.466. The number of rotatable bonds is 19. The van der Waals surface area contributed by atoms with E-state index in [1.54, 1.807) is 91.9 Å². The maximum absolute atomic E-state index is 13.9. The van der Waals surface area contributed by atoms with E-state index < -0.39 is 5.92 Å². The lowest BCUT2D eigenvalue weighted by Gasteiger charge is -2.41. The zero-order valence-electron chi connectivity index (χ0n) is 44.7. The van der Waals surface area contributed by atoms with Gasteiger partial charge >= 0.3 is 0 Å². The number of nitrogens with one attached hydrogen (secondary N) is 2. The number of nitrogens with zero attached hydrogens (tertiary/aromatic N) is 4. The summed E-state index contributed by atoms with van der Waals surface area (Å²) in [5.41, 5.74) is 4.66. The molecule has 0 saturated carbocycles. The zero-order chi connectivity index (χ0) is 55.6. The molecule has 2 saturated heterocycles. The van der Waals surface area contributed by atoms with E-state index in [9.17, 15) is 19.2 Å². The number of ether oxygens (including phenoxy) is 4. The highest BCUT2D eigenvalue weighted by Gasteiger charge is 2.37. The van der Waals surface area contributed by atoms with Crippen molar-refractivity contribution >= 4 is 97.1 Å². The van der Waals surface area contributed by atoms with Crippen molar-refractivity contribution in [3.63, 3.8) is 0 Å². The molecule has 0 spiro atoms. The maximum atomic E-state index is 13.9. The molecule has 2 fully saturated rings. The SMILES string of the molecule is CCOC(C)Oc1ccc(C(=O)C(C)Br)cc1.CCOC(C)Oc1ccc(C(=O)C(C)C2=C(Nc3ccc(Cl)cc3Cl)CCN(N3CCCCC3)C2=O)cc1.O=C1C=C(Nc2ccc(Cl)cc2Cl)CCN1N1CCCCC1. The molecule has 4 heterocycles. The zero-order valence-corrected chi connectivity index (χ0v) is 49.3. The fourth-order valence-corrected chi connectivity index (χ4v) is 10.4. The molecule has 0 radical (unpaired) electrons. The summed E-state index contributed by atoms with van der Waals surface area (Å²) in [6.45, 7) is 17.1. The first-order chi connectivity index (χ1) is 37.0. The second kappa shape index (κ2) is 30.6. The van der Waals surface area contributed by atoms with Gasteiger partial charge in [0.15, 0.2) is 24.1 Å². The quantitative estimate of drug-likeness (QED) is 0.0524. The van der Waals surface area contributed by atoms with Gasteiger partial charge in [-0.15, -0.1) is 0 Å². The first-order valence-electron chi connectivity index (χ1n) is 26.5. The largest absolute Gasteiger partial charge is 0.465 e. The molecule has 8 rings (SSSR count). The molecule has 77 heavy (non-hydrogen) atoms.